The molecule has 0 spiro atoms. The van der Waals surface area contributed by atoms with Gasteiger partial charge in [-0.3, -0.25) is 0 Å². The number of fused-ring (bicyclic) bond motifs is 1. The van der Waals surface area contributed by atoms with Crippen LogP contribution in [0.4, 0.5) is 5.69 Å². The third-order valence-corrected chi connectivity index (χ3v) is 4.79. The first-order valence-electron chi connectivity index (χ1n) is 7.74. The molecule has 1 aliphatic rings. The van der Waals surface area contributed by atoms with Crippen LogP contribution in [0.15, 0.2) is 36.4 Å². The molecule has 112 valence electrons. The van der Waals surface area contributed by atoms with Crippen molar-refractivity contribution in [3.05, 3.63) is 42.0 Å². The molecule has 3 nitrogen and oxygen atoms in total. The van der Waals surface area contributed by atoms with Crippen molar-refractivity contribution >= 4 is 16.5 Å². The first-order valence-corrected chi connectivity index (χ1v) is 7.74. The Labute approximate surface area is 127 Å². The minimum atomic E-state index is 0.595. The fourth-order valence-corrected chi connectivity index (χ4v) is 3.62. The summed E-state index contributed by atoms with van der Waals surface area (Å²) >= 11 is 0. The van der Waals surface area contributed by atoms with Crippen molar-refractivity contribution < 1.29 is 0 Å². The smallest absolute Gasteiger partial charge is 0.0446 e. The fourth-order valence-electron chi connectivity index (χ4n) is 3.62. The van der Waals surface area contributed by atoms with Crippen molar-refractivity contribution in [1.82, 2.24) is 4.90 Å². The number of hydrogen-bond donors (Lipinski definition) is 1. The number of nitrogens with zero attached hydrogens (tertiary/aromatic N) is 2. The van der Waals surface area contributed by atoms with Crippen molar-refractivity contribution in [2.24, 2.45) is 11.7 Å². The quantitative estimate of drug-likeness (QED) is 0.940. The van der Waals surface area contributed by atoms with Gasteiger partial charge in [0.1, 0.15) is 0 Å². The van der Waals surface area contributed by atoms with E-state index in [-0.39, 0.29) is 0 Å². The van der Waals surface area contributed by atoms with Crippen molar-refractivity contribution in [1.29, 1.82) is 0 Å². The van der Waals surface area contributed by atoms with E-state index in [2.05, 4.69) is 67.2 Å². The van der Waals surface area contributed by atoms with Crippen LogP contribution in [-0.2, 0) is 6.54 Å². The van der Waals surface area contributed by atoms with Crippen molar-refractivity contribution in [2.45, 2.75) is 19.5 Å². The number of anilines is 1. The van der Waals surface area contributed by atoms with Crippen LogP contribution in [0.3, 0.4) is 0 Å². The van der Waals surface area contributed by atoms with Gasteiger partial charge in [0.05, 0.1) is 0 Å². The summed E-state index contributed by atoms with van der Waals surface area (Å²) in [5.41, 5.74) is 8.46. The Hall–Kier alpha value is -1.58. The van der Waals surface area contributed by atoms with E-state index in [1.54, 1.807) is 0 Å². The number of nitrogens with two attached hydrogens (primary N) is 1. The Morgan fingerprint density at radius 1 is 1.10 bits per heavy atom. The summed E-state index contributed by atoms with van der Waals surface area (Å²) in [4.78, 5) is 4.87. The molecule has 2 atom stereocenters. The fraction of sp³-hybridized carbons (Fsp3) is 0.444. The highest BCUT2D eigenvalue weighted by Gasteiger charge is 2.31. The second kappa shape index (κ2) is 5.66. The van der Waals surface area contributed by atoms with Crippen LogP contribution < -0.4 is 10.6 Å². The van der Waals surface area contributed by atoms with Crippen molar-refractivity contribution in [3.8, 4) is 0 Å². The summed E-state index contributed by atoms with van der Waals surface area (Å²) in [5.74, 6) is 0.688. The predicted octanol–water partition coefficient (Wildman–Crippen LogP) is 2.68. The number of benzene rings is 2. The van der Waals surface area contributed by atoms with Crippen LogP contribution in [0.1, 0.15) is 12.5 Å². The lowest BCUT2D eigenvalue weighted by molar-refractivity contribution is 0.266. The minimum absolute atomic E-state index is 0.595. The highest BCUT2D eigenvalue weighted by molar-refractivity contribution is 5.96. The zero-order chi connectivity index (χ0) is 15.0. The molecule has 2 unspecified atom stereocenters. The molecule has 1 heterocycles. The van der Waals surface area contributed by atoms with Crippen molar-refractivity contribution in [3.63, 3.8) is 0 Å². The molecule has 21 heavy (non-hydrogen) atoms. The summed E-state index contributed by atoms with van der Waals surface area (Å²) in [6.07, 6.45) is 0. The summed E-state index contributed by atoms with van der Waals surface area (Å²) in [7, 11) is 4.36. The molecule has 0 radical (unpaired) electrons. The van der Waals surface area contributed by atoms with Crippen LogP contribution >= 0.6 is 0 Å². The van der Waals surface area contributed by atoms with Crippen LogP contribution in [0, 0.1) is 5.92 Å². The van der Waals surface area contributed by atoms with E-state index >= 15 is 0 Å². The standard InChI is InChI=1S/C18H25N3/c1-13-11-21(12-18(13)20(2)3)17-9-8-14(10-19)15-6-4-5-7-16(15)17/h4-9,13,18H,10-12,19H2,1-3H3. The van der Waals surface area contributed by atoms with Gasteiger partial charge in [0.25, 0.3) is 0 Å². The van der Waals surface area contributed by atoms with E-state index in [0.29, 0.717) is 18.5 Å². The predicted molar refractivity (Wildman–Crippen MR) is 90.7 cm³/mol. The molecule has 1 fully saturated rings. The van der Waals surface area contributed by atoms with Crippen LogP contribution in [0.5, 0.6) is 0 Å². The zero-order valence-electron chi connectivity index (χ0n) is 13.2. The molecular formula is C18H25N3. The number of likely N-dealkylation sites (N-methyl/N-ethyl adjacent to an activating group) is 1. The van der Waals surface area contributed by atoms with Gasteiger partial charge in [-0.05, 0) is 37.0 Å². The third kappa shape index (κ3) is 2.52. The van der Waals surface area contributed by atoms with Gasteiger partial charge >= 0.3 is 0 Å². The molecule has 2 aromatic carbocycles. The van der Waals surface area contributed by atoms with E-state index in [1.165, 1.54) is 22.0 Å². The van der Waals surface area contributed by atoms with Gasteiger partial charge in [-0.2, -0.15) is 0 Å². The highest BCUT2D eigenvalue weighted by atomic mass is 15.2. The number of rotatable bonds is 3. The van der Waals surface area contributed by atoms with Gasteiger partial charge in [-0.1, -0.05) is 37.3 Å². The Bertz CT molecular complexity index is 635. The van der Waals surface area contributed by atoms with Crippen LogP contribution in [0.2, 0.25) is 0 Å². The largest absolute Gasteiger partial charge is 0.369 e. The van der Waals surface area contributed by atoms with Gasteiger partial charge in [0.15, 0.2) is 0 Å². The molecule has 2 N–H and O–H groups in total. The first kappa shape index (κ1) is 14.4. The van der Waals surface area contributed by atoms with E-state index in [1.807, 2.05) is 0 Å². The average molecular weight is 283 g/mol. The normalized spacial score (nSPS) is 22.4. The molecule has 0 saturated carbocycles. The highest BCUT2D eigenvalue weighted by Crippen LogP contribution is 2.33. The molecular weight excluding hydrogens is 258 g/mol. The Balaban J connectivity index is 2.02. The lowest BCUT2D eigenvalue weighted by Crippen LogP contribution is -2.34. The lowest BCUT2D eigenvalue weighted by atomic mass is 10.0. The molecule has 3 heteroatoms. The maximum absolute atomic E-state index is 5.88. The Morgan fingerprint density at radius 3 is 2.43 bits per heavy atom. The van der Waals surface area contributed by atoms with Crippen molar-refractivity contribution in [2.75, 3.05) is 32.1 Å². The van der Waals surface area contributed by atoms with E-state index in [0.717, 1.165) is 13.1 Å². The van der Waals surface area contributed by atoms with E-state index in [4.69, 9.17) is 5.73 Å². The topological polar surface area (TPSA) is 32.5 Å². The monoisotopic (exact) mass is 283 g/mol. The molecule has 2 aromatic rings. The second-order valence-electron chi connectivity index (χ2n) is 6.41. The molecule has 0 amide bonds. The first-order chi connectivity index (χ1) is 10.1. The molecule has 3 rings (SSSR count). The maximum atomic E-state index is 5.88. The van der Waals surface area contributed by atoms with Crippen LogP contribution in [0.25, 0.3) is 10.8 Å². The third-order valence-electron chi connectivity index (χ3n) is 4.79. The summed E-state index contributed by atoms with van der Waals surface area (Å²) in [6.45, 7) is 5.16. The van der Waals surface area contributed by atoms with Gasteiger partial charge < -0.3 is 15.5 Å². The van der Waals surface area contributed by atoms with Crippen LogP contribution in [-0.4, -0.2) is 38.1 Å². The maximum Gasteiger partial charge on any atom is 0.0446 e. The van der Waals surface area contributed by atoms with Gasteiger partial charge in [-0.25, -0.2) is 0 Å². The summed E-state index contributed by atoms with van der Waals surface area (Å²) < 4.78 is 0. The minimum Gasteiger partial charge on any atom is -0.369 e. The number of hydrogen-bond acceptors (Lipinski definition) is 3. The summed E-state index contributed by atoms with van der Waals surface area (Å²) in [5, 5.41) is 2.62. The summed E-state index contributed by atoms with van der Waals surface area (Å²) in [6, 6.07) is 13.7. The average Bonchev–Trinajstić information content (AvgIpc) is 2.88. The lowest BCUT2D eigenvalue weighted by Gasteiger charge is -2.24. The molecule has 0 bridgehead atoms. The molecule has 1 saturated heterocycles. The Morgan fingerprint density at radius 2 is 1.81 bits per heavy atom. The zero-order valence-corrected chi connectivity index (χ0v) is 13.2. The van der Waals surface area contributed by atoms with Gasteiger partial charge in [0, 0.05) is 36.7 Å². The molecule has 0 aromatic heterocycles. The van der Waals surface area contributed by atoms with Gasteiger partial charge in [-0.15, -0.1) is 0 Å². The molecule has 1 aliphatic heterocycles. The molecule has 0 aliphatic carbocycles. The SMILES string of the molecule is CC1CN(c2ccc(CN)c3ccccc23)CC1N(C)C. The van der Waals surface area contributed by atoms with E-state index in [9.17, 15) is 0 Å². The second-order valence-corrected chi connectivity index (χ2v) is 6.41. The van der Waals surface area contributed by atoms with E-state index < -0.39 is 0 Å². The Kier molecular flexibility index (Phi) is 3.87. The van der Waals surface area contributed by atoms with Gasteiger partial charge in [0.2, 0.25) is 0 Å².